The molecule has 0 saturated heterocycles. The Morgan fingerprint density at radius 2 is 2.00 bits per heavy atom. The van der Waals surface area contributed by atoms with E-state index >= 15 is 0 Å². The molecule has 4 heteroatoms. The monoisotopic (exact) mass is 273 g/mol. The Morgan fingerprint density at radius 1 is 1.25 bits per heavy atom. The summed E-state index contributed by atoms with van der Waals surface area (Å²) in [6.45, 7) is 0.790. The van der Waals surface area contributed by atoms with Crippen molar-refractivity contribution in [3.05, 3.63) is 29.3 Å². The molecule has 0 radical (unpaired) electrons. The van der Waals surface area contributed by atoms with Crippen molar-refractivity contribution in [3.8, 4) is 0 Å². The van der Waals surface area contributed by atoms with Gasteiger partial charge in [-0.05, 0) is 42.5 Å². The summed E-state index contributed by atoms with van der Waals surface area (Å²) >= 11 is 0. The van der Waals surface area contributed by atoms with Crippen molar-refractivity contribution < 1.29 is 14.7 Å². The summed E-state index contributed by atoms with van der Waals surface area (Å²) in [5.41, 5.74) is 2.02. The Balaban J connectivity index is 1.80. The van der Waals surface area contributed by atoms with Crippen LogP contribution < -0.4 is 4.90 Å². The largest absolute Gasteiger partial charge is 0.478 e. The van der Waals surface area contributed by atoms with Crippen molar-refractivity contribution in [1.29, 1.82) is 0 Å². The average molecular weight is 273 g/mol. The van der Waals surface area contributed by atoms with E-state index in [1.807, 2.05) is 4.90 Å². The maximum atomic E-state index is 12.2. The minimum absolute atomic E-state index is 0.105. The molecular weight excluding hydrogens is 254 g/mol. The lowest BCUT2D eigenvalue weighted by Crippen LogP contribution is -2.33. The van der Waals surface area contributed by atoms with E-state index in [4.69, 9.17) is 5.11 Å². The fraction of sp³-hybridized carbons (Fsp3) is 0.500. The van der Waals surface area contributed by atoms with Crippen molar-refractivity contribution in [1.82, 2.24) is 0 Å². The van der Waals surface area contributed by atoms with Crippen molar-refractivity contribution in [3.63, 3.8) is 0 Å². The molecule has 1 aromatic rings. The van der Waals surface area contributed by atoms with Crippen molar-refractivity contribution in [2.75, 3.05) is 11.4 Å². The van der Waals surface area contributed by atoms with Crippen LogP contribution in [0.4, 0.5) is 5.69 Å². The van der Waals surface area contributed by atoms with Crippen LogP contribution in [0.2, 0.25) is 0 Å². The normalized spacial score (nSPS) is 19.2. The predicted molar refractivity (Wildman–Crippen MR) is 76.0 cm³/mol. The lowest BCUT2D eigenvalue weighted by Gasteiger charge is -2.27. The third-order valence-electron chi connectivity index (χ3n) is 4.43. The van der Waals surface area contributed by atoms with Gasteiger partial charge in [-0.1, -0.05) is 19.3 Å². The van der Waals surface area contributed by atoms with Gasteiger partial charge in [0.2, 0.25) is 5.91 Å². The van der Waals surface area contributed by atoms with Crippen molar-refractivity contribution >= 4 is 17.6 Å². The number of nitrogens with zero attached hydrogens (tertiary/aromatic N) is 1. The zero-order valence-electron chi connectivity index (χ0n) is 11.5. The Morgan fingerprint density at radius 3 is 2.70 bits per heavy atom. The second kappa shape index (κ2) is 5.27. The van der Waals surface area contributed by atoms with Gasteiger partial charge in [0.1, 0.15) is 0 Å². The molecule has 0 bridgehead atoms. The topological polar surface area (TPSA) is 57.6 Å². The summed E-state index contributed by atoms with van der Waals surface area (Å²) in [5, 5.41) is 9.01. The third kappa shape index (κ3) is 2.42. The van der Waals surface area contributed by atoms with Gasteiger partial charge >= 0.3 is 5.97 Å². The molecule has 1 saturated carbocycles. The van der Waals surface area contributed by atoms with Crippen LogP contribution in [0.1, 0.15) is 48.0 Å². The first-order valence-corrected chi connectivity index (χ1v) is 7.32. The highest BCUT2D eigenvalue weighted by molar-refractivity contribution is 6.02. The number of carbonyl (C=O) groups is 2. The summed E-state index contributed by atoms with van der Waals surface area (Å²) in [7, 11) is 0. The van der Waals surface area contributed by atoms with Gasteiger partial charge in [0.25, 0.3) is 0 Å². The van der Waals surface area contributed by atoms with E-state index in [0.717, 1.165) is 17.8 Å². The van der Waals surface area contributed by atoms with Crippen LogP contribution in [-0.2, 0) is 11.2 Å². The maximum absolute atomic E-state index is 12.2. The van der Waals surface area contributed by atoms with E-state index in [-0.39, 0.29) is 11.5 Å². The highest BCUT2D eigenvalue weighted by atomic mass is 16.4. The molecule has 1 aliphatic carbocycles. The summed E-state index contributed by atoms with van der Waals surface area (Å²) in [5.74, 6) is -0.239. The molecule has 0 atom stereocenters. The Labute approximate surface area is 118 Å². The van der Waals surface area contributed by atoms with Crippen LogP contribution in [0.3, 0.4) is 0 Å². The summed E-state index contributed by atoms with van der Waals surface area (Å²) in [6, 6.07) is 5.01. The number of carboxylic acids is 1. The van der Waals surface area contributed by atoms with Crippen LogP contribution in [-0.4, -0.2) is 23.5 Å². The van der Waals surface area contributed by atoms with Crippen molar-refractivity contribution in [2.24, 2.45) is 5.92 Å². The molecule has 1 fully saturated rings. The number of carboxylic acid groups (broad SMARTS) is 1. The number of aromatic carboxylic acids is 1. The van der Waals surface area contributed by atoms with Gasteiger partial charge in [-0.25, -0.2) is 4.79 Å². The van der Waals surface area contributed by atoms with E-state index in [1.54, 1.807) is 18.2 Å². The minimum atomic E-state index is -0.939. The number of fused-ring (bicyclic) bond motifs is 1. The molecule has 1 aliphatic heterocycles. The van der Waals surface area contributed by atoms with Crippen LogP contribution >= 0.6 is 0 Å². The van der Waals surface area contributed by atoms with E-state index in [2.05, 4.69) is 0 Å². The van der Waals surface area contributed by atoms with Crippen LogP contribution in [0.5, 0.6) is 0 Å². The van der Waals surface area contributed by atoms with Crippen LogP contribution in [0.25, 0.3) is 0 Å². The van der Waals surface area contributed by atoms with Crippen molar-refractivity contribution in [2.45, 2.75) is 38.5 Å². The second-order valence-corrected chi connectivity index (χ2v) is 5.83. The molecule has 0 unspecified atom stereocenters. The summed E-state index contributed by atoms with van der Waals surface area (Å²) in [4.78, 5) is 25.0. The summed E-state index contributed by atoms with van der Waals surface area (Å²) in [6.07, 6.45) is 6.57. The molecule has 3 rings (SSSR count). The average Bonchev–Trinajstić information content (AvgIpc) is 2.75. The number of rotatable bonds is 3. The van der Waals surface area contributed by atoms with E-state index in [1.165, 1.54) is 32.1 Å². The highest BCUT2D eigenvalue weighted by Gasteiger charge is 2.30. The highest BCUT2D eigenvalue weighted by Crippen LogP contribution is 2.33. The summed E-state index contributed by atoms with van der Waals surface area (Å²) < 4.78 is 0. The number of hydrogen-bond acceptors (Lipinski definition) is 2. The molecule has 20 heavy (non-hydrogen) atoms. The fourth-order valence-corrected chi connectivity index (χ4v) is 3.34. The van der Waals surface area contributed by atoms with Gasteiger partial charge in [-0.3, -0.25) is 4.79 Å². The lowest BCUT2D eigenvalue weighted by molar-refractivity contribution is -0.117. The smallest absolute Gasteiger partial charge is 0.335 e. The zero-order chi connectivity index (χ0) is 14.1. The first-order chi connectivity index (χ1) is 9.65. The first-order valence-electron chi connectivity index (χ1n) is 7.32. The van der Waals surface area contributed by atoms with Crippen LogP contribution in [0.15, 0.2) is 18.2 Å². The molecule has 2 aliphatic rings. The number of benzene rings is 1. The molecule has 1 amide bonds. The predicted octanol–water partition coefficient (Wildman–Crippen LogP) is 2.85. The molecule has 1 heterocycles. The number of anilines is 1. The lowest BCUT2D eigenvalue weighted by atomic mass is 9.89. The fourth-order valence-electron chi connectivity index (χ4n) is 3.34. The maximum Gasteiger partial charge on any atom is 0.335 e. The molecule has 106 valence electrons. The minimum Gasteiger partial charge on any atom is -0.478 e. The molecule has 1 N–H and O–H groups in total. The van der Waals surface area contributed by atoms with Crippen LogP contribution in [0, 0.1) is 5.92 Å². The Bertz CT molecular complexity index is 547. The molecule has 0 aromatic heterocycles. The van der Waals surface area contributed by atoms with Gasteiger partial charge in [0.15, 0.2) is 0 Å². The Hall–Kier alpha value is -1.84. The van der Waals surface area contributed by atoms with E-state index in [9.17, 15) is 9.59 Å². The molecule has 1 aromatic carbocycles. The quantitative estimate of drug-likeness (QED) is 0.921. The number of carbonyl (C=O) groups excluding carboxylic acids is 1. The van der Waals surface area contributed by atoms with Gasteiger partial charge < -0.3 is 10.0 Å². The number of hydrogen-bond donors (Lipinski definition) is 1. The van der Waals surface area contributed by atoms with E-state index in [0.29, 0.717) is 12.3 Å². The van der Waals surface area contributed by atoms with E-state index < -0.39 is 5.97 Å². The first kappa shape index (κ1) is 13.2. The van der Waals surface area contributed by atoms with Gasteiger partial charge in [0, 0.05) is 12.2 Å². The van der Waals surface area contributed by atoms with Gasteiger partial charge in [-0.15, -0.1) is 0 Å². The molecular formula is C16H19NO3. The standard InChI is InChI=1S/C16H19NO3/c18-15-9-13-8-12(16(19)20)6-7-14(13)17(15)10-11-4-2-1-3-5-11/h6-8,11H,1-5,9-10H2,(H,19,20). The number of amides is 1. The van der Waals surface area contributed by atoms with Gasteiger partial charge in [0.05, 0.1) is 12.0 Å². The Kier molecular flexibility index (Phi) is 3.47. The van der Waals surface area contributed by atoms with Gasteiger partial charge in [-0.2, -0.15) is 0 Å². The second-order valence-electron chi connectivity index (χ2n) is 5.83. The third-order valence-corrected chi connectivity index (χ3v) is 4.43. The molecule has 4 nitrogen and oxygen atoms in total. The molecule has 0 spiro atoms. The zero-order valence-corrected chi connectivity index (χ0v) is 11.5. The SMILES string of the molecule is O=C(O)c1ccc2c(c1)CC(=O)N2CC1CCCCC1.